The van der Waals surface area contributed by atoms with Crippen molar-refractivity contribution in [3.05, 3.63) is 68.0 Å². The molecule has 2 N–H and O–H groups in total. The predicted octanol–water partition coefficient (Wildman–Crippen LogP) is 2.82. The Labute approximate surface area is 147 Å². The monoisotopic (exact) mass is 339 g/mol. The Bertz CT molecular complexity index is 847. The molecule has 2 aliphatic carbocycles. The van der Waals surface area contributed by atoms with Crippen molar-refractivity contribution >= 4 is 0 Å². The molecular formula is C20H25N3O2. The van der Waals surface area contributed by atoms with Gasteiger partial charge in [0.25, 0.3) is 5.56 Å². The molecule has 0 saturated heterocycles. The maximum Gasteiger partial charge on any atom is 0.328 e. The number of H-pyrrole nitrogens is 1. The van der Waals surface area contributed by atoms with E-state index >= 15 is 0 Å². The lowest BCUT2D eigenvalue weighted by Crippen LogP contribution is -2.41. The van der Waals surface area contributed by atoms with Crippen LogP contribution in [0.3, 0.4) is 0 Å². The zero-order chi connectivity index (χ0) is 17.2. The molecular weight excluding hydrogens is 314 g/mol. The van der Waals surface area contributed by atoms with Crippen LogP contribution in [0.2, 0.25) is 0 Å². The van der Waals surface area contributed by atoms with Crippen LogP contribution in [0.25, 0.3) is 0 Å². The van der Waals surface area contributed by atoms with Gasteiger partial charge in [0, 0.05) is 29.9 Å². The Hall–Kier alpha value is -2.14. The summed E-state index contributed by atoms with van der Waals surface area (Å²) in [5.41, 5.74) is 2.52. The number of nitrogens with one attached hydrogen (secondary N) is 2. The lowest BCUT2D eigenvalue weighted by atomic mass is 9.95. The van der Waals surface area contributed by atoms with E-state index in [0.29, 0.717) is 0 Å². The average molecular weight is 339 g/mol. The third-order valence-corrected chi connectivity index (χ3v) is 5.63. The van der Waals surface area contributed by atoms with Gasteiger partial charge in [0.05, 0.1) is 0 Å². The van der Waals surface area contributed by atoms with Crippen LogP contribution in [0.4, 0.5) is 0 Å². The van der Waals surface area contributed by atoms with Gasteiger partial charge in [0.15, 0.2) is 0 Å². The third-order valence-electron chi connectivity index (χ3n) is 5.63. The van der Waals surface area contributed by atoms with Crippen molar-refractivity contribution in [3.8, 4) is 0 Å². The number of fused-ring (bicyclic) bond motifs is 1. The van der Waals surface area contributed by atoms with Gasteiger partial charge >= 0.3 is 5.69 Å². The molecule has 0 radical (unpaired) electrons. The van der Waals surface area contributed by atoms with Gasteiger partial charge in [-0.15, -0.1) is 0 Å². The van der Waals surface area contributed by atoms with Gasteiger partial charge in [-0.05, 0) is 31.2 Å². The molecule has 2 aromatic rings. The van der Waals surface area contributed by atoms with E-state index in [0.717, 1.165) is 56.3 Å². The molecule has 1 aromatic heterocycles. The van der Waals surface area contributed by atoms with E-state index in [-0.39, 0.29) is 23.3 Å². The predicted molar refractivity (Wildman–Crippen MR) is 97.8 cm³/mol. The second-order valence-electron chi connectivity index (χ2n) is 7.25. The van der Waals surface area contributed by atoms with E-state index in [2.05, 4.69) is 22.4 Å². The Morgan fingerprint density at radius 3 is 2.56 bits per heavy atom. The van der Waals surface area contributed by atoms with Crippen molar-refractivity contribution in [1.29, 1.82) is 0 Å². The number of aromatic amines is 1. The number of nitrogens with zero attached hydrogens (tertiary/aromatic N) is 1. The fraction of sp³-hybridized carbons (Fsp3) is 0.500. The number of benzene rings is 1. The van der Waals surface area contributed by atoms with Gasteiger partial charge < -0.3 is 10.3 Å². The van der Waals surface area contributed by atoms with Crippen molar-refractivity contribution in [2.75, 3.05) is 0 Å². The van der Waals surface area contributed by atoms with Gasteiger partial charge in [-0.25, -0.2) is 4.79 Å². The summed E-state index contributed by atoms with van der Waals surface area (Å²) in [6.45, 7) is 0.735. The number of aromatic nitrogens is 2. The Balaban J connectivity index is 1.58. The summed E-state index contributed by atoms with van der Waals surface area (Å²) in [5.74, 6) is 0. The SMILES string of the molecule is O=c1[nH]c2c(c(=O)n1C1CCCCC1)CCC2NCc1ccccc1. The number of hydrogen-bond donors (Lipinski definition) is 2. The van der Waals surface area contributed by atoms with Crippen molar-refractivity contribution < 1.29 is 0 Å². The average Bonchev–Trinajstić information content (AvgIpc) is 3.05. The summed E-state index contributed by atoms with van der Waals surface area (Å²) in [4.78, 5) is 28.5. The molecule has 0 aliphatic heterocycles. The van der Waals surface area contributed by atoms with E-state index in [4.69, 9.17) is 0 Å². The van der Waals surface area contributed by atoms with Gasteiger partial charge in [-0.2, -0.15) is 0 Å². The zero-order valence-electron chi connectivity index (χ0n) is 14.5. The van der Waals surface area contributed by atoms with Crippen LogP contribution >= 0.6 is 0 Å². The standard InChI is InChI=1S/C20H25N3O2/c24-19-16-11-12-17(21-13-14-7-3-1-4-8-14)18(16)22-20(25)23(19)15-9-5-2-6-10-15/h1,3-4,7-8,15,17,21H,2,5-6,9-13H2,(H,22,25). The number of hydrogen-bond acceptors (Lipinski definition) is 3. The Kier molecular flexibility index (Phi) is 4.57. The maximum atomic E-state index is 12.9. The van der Waals surface area contributed by atoms with Crippen molar-refractivity contribution in [2.24, 2.45) is 0 Å². The summed E-state index contributed by atoms with van der Waals surface area (Å²) < 4.78 is 1.50. The van der Waals surface area contributed by atoms with Gasteiger partial charge in [-0.1, -0.05) is 49.6 Å². The first-order chi connectivity index (χ1) is 12.2. The molecule has 1 fully saturated rings. The molecule has 5 heteroatoms. The lowest BCUT2D eigenvalue weighted by Gasteiger charge is -2.23. The topological polar surface area (TPSA) is 66.9 Å². The minimum Gasteiger partial charge on any atom is -0.309 e. The number of rotatable bonds is 4. The quantitative estimate of drug-likeness (QED) is 0.900. The van der Waals surface area contributed by atoms with Crippen LogP contribution in [0.15, 0.2) is 39.9 Å². The summed E-state index contributed by atoms with van der Waals surface area (Å²) in [5, 5.41) is 3.49. The fourth-order valence-corrected chi connectivity index (χ4v) is 4.29. The van der Waals surface area contributed by atoms with Crippen LogP contribution in [0.1, 0.15) is 67.4 Å². The summed E-state index contributed by atoms with van der Waals surface area (Å²) >= 11 is 0. The zero-order valence-corrected chi connectivity index (χ0v) is 14.5. The molecule has 1 atom stereocenters. The first-order valence-corrected chi connectivity index (χ1v) is 9.39. The molecule has 0 amide bonds. The van der Waals surface area contributed by atoms with E-state index in [1.807, 2.05) is 18.2 Å². The smallest absolute Gasteiger partial charge is 0.309 e. The van der Waals surface area contributed by atoms with E-state index in [1.54, 1.807) is 0 Å². The molecule has 1 saturated carbocycles. The van der Waals surface area contributed by atoms with Crippen molar-refractivity contribution in [1.82, 2.24) is 14.9 Å². The maximum absolute atomic E-state index is 12.9. The van der Waals surface area contributed by atoms with Crippen LogP contribution in [0.5, 0.6) is 0 Å². The third kappa shape index (κ3) is 3.21. The van der Waals surface area contributed by atoms with Gasteiger partial charge in [0.2, 0.25) is 0 Å². The second-order valence-corrected chi connectivity index (χ2v) is 7.25. The van der Waals surface area contributed by atoms with E-state index in [9.17, 15) is 9.59 Å². The van der Waals surface area contributed by atoms with Crippen LogP contribution < -0.4 is 16.6 Å². The highest BCUT2D eigenvalue weighted by Gasteiger charge is 2.29. The molecule has 1 aromatic carbocycles. The minimum atomic E-state index is -0.232. The van der Waals surface area contributed by atoms with E-state index < -0.39 is 0 Å². The van der Waals surface area contributed by atoms with Crippen molar-refractivity contribution in [3.63, 3.8) is 0 Å². The first-order valence-electron chi connectivity index (χ1n) is 9.39. The molecule has 132 valence electrons. The molecule has 2 aliphatic rings. The highest BCUT2D eigenvalue weighted by atomic mass is 16.2. The Morgan fingerprint density at radius 1 is 1.04 bits per heavy atom. The molecule has 0 spiro atoms. The highest BCUT2D eigenvalue weighted by Crippen LogP contribution is 2.29. The summed E-state index contributed by atoms with van der Waals surface area (Å²) in [7, 11) is 0. The van der Waals surface area contributed by atoms with Crippen LogP contribution in [0, 0.1) is 0 Å². The highest BCUT2D eigenvalue weighted by molar-refractivity contribution is 5.27. The first kappa shape index (κ1) is 16.3. The molecule has 0 bridgehead atoms. The molecule has 1 unspecified atom stereocenters. The molecule has 4 rings (SSSR count). The second kappa shape index (κ2) is 7.00. The summed E-state index contributed by atoms with van der Waals surface area (Å²) in [6, 6.07) is 10.3. The normalized spacial score (nSPS) is 20.6. The van der Waals surface area contributed by atoms with E-state index in [1.165, 1.54) is 16.6 Å². The minimum absolute atomic E-state index is 0.0524. The van der Waals surface area contributed by atoms with Crippen molar-refractivity contribution in [2.45, 2.75) is 63.6 Å². The lowest BCUT2D eigenvalue weighted by molar-refractivity contribution is 0.334. The largest absolute Gasteiger partial charge is 0.328 e. The van der Waals surface area contributed by atoms with Crippen LogP contribution in [-0.4, -0.2) is 9.55 Å². The molecule has 5 nitrogen and oxygen atoms in total. The van der Waals surface area contributed by atoms with Gasteiger partial charge in [-0.3, -0.25) is 9.36 Å². The summed E-state index contributed by atoms with van der Waals surface area (Å²) in [6.07, 6.45) is 6.91. The molecule has 25 heavy (non-hydrogen) atoms. The van der Waals surface area contributed by atoms with Crippen LogP contribution in [-0.2, 0) is 13.0 Å². The fourth-order valence-electron chi connectivity index (χ4n) is 4.29. The Morgan fingerprint density at radius 2 is 1.80 bits per heavy atom. The van der Waals surface area contributed by atoms with Gasteiger partial charge in [0.1, 0.15) is 0 Å². The molecule has 1 heterocycles.